The van der Waals surface area contributed by atoms with Crippen molar-refractivity contribution in [3.05, 3.63) is 40.2 Å². The highest BCUT2D eigenvalue weighted by molar-refractivity contribution is 7.19. The van der Waals surface area contributed by atoms with Gasteiger partial charge in [-0.15, -0.1) is 11.3 Å². The smallest absolute Gasteiger partial charge is 0.146 e. The molecule has 0 saturated carbocycles. The molecule has 1 aliphatic heterocycles. The maximum absolute atomic E-state index is 9.10. The molecule has 8 heteroatoms. The number of anilines is 2. The number of nitrogens with zero attached hydrogens (tertiary/aromatic N) is 6. The maximum Gasteiger partial charge on any atom is 0.146 e. The van der Waals surface area contributed by atoms with E-state index in [9.17, 15) is 0 Å². The fourth-order valence-electron chi connectivity index (χ4n) is 4.47. The van der Waals surface area contributed by atoms with Gasteiger partial charge in [0.1, 0.15) is 22.3 Å². The highest BCUT2D eigenvalue weighted by atomic mass is 32.1. The molecular weight excluding hydrogens is 394 g/mol. The van der Waals surface area contributed by atoms with E-state index in [0.717, 1.165) is 60.9 Å². The summed E-state index contributed by atoms with van der Waals surface area (Å²) in [6.07, 6.45) is 7.74. The Hall–Kier alpha value is -2.76. The molecule has 0 spiro atoms. The van der Waals surface area contributed by atoms with Gasteiger partial charge in [0.15, 0.2) is 0 Å². The number of pyridine rings is 1. The second-order valence-corrected chi connectivity index (χ2v) is 9.13. The summed E-state index contributed by atoms with van der Waals surface area (Å²) in [6.45, 7) is 4.25. The zero-order valence-corrected chi connectivity index (χ0v) is 17.8. The van der Waals surface area contributed by atoms with Gasteiger partial charge in [0.2, 0.25) is 0 Å². The Kier molecular flexibility index (Phi) is 5.23. The van der Waals surface area contributed by atoms with Gasteiger partial charge in [-0.2, -0.15) is 5.26 Å². The first kappa shape index (κ1) is 19.2. The first-order valence-electron chi connectivity index (χ1n) is 10.6. The normalized spacial score (nSPS) is 17.5. The SMILES string of the molecule is N#Cc1ccnc(N2CCN(Cc3nc(N)c4c5c(sc4n3)CCCCC5)CC2)c1. The van der Waals surface area contributed by atoms with Gasteiger partial charge in [-0.25, -0.2) is 15.0 Å². The van der Waals surface area contributed by atoms with Gasteiger partial charge in [0.25, 0.3) is 0 Å². The number of fused-ring (bicyclic) bond motifs is 3. The number of rotatable bonds is 3. The van der Waals surface area contributed by atoms with Crippen molar-refractivity contribution >= 4 is 33.2 Å². The summed E-state index contributed by atoms with van der Waals surface area (Å²) in [5.74, 6) is 2.33. The Morgan fingerprint density at radius 3 is 2.77 bits per heavy atom. The van der Waals surface area contributed by atoms with Crippen LogP contribution in [-0.2, 0) is 19.4 Å². The minimum absolute atomic E-state index is 0.644. The third-order valence-corrected chi connectivity index (χ3v) is 7.26. The van der Waals surface area contributed by atoms with Crippen LogP contribution >= 0.6 is 11.3 Å². The lowest BCUT2D eigenvalue weighted by Gasteiger charge is -2.35. The number of hydrogen-bond acceptors (Lipinski definition) is 8. The minimum atomic E-state index is 0.644. The van der Waals surface area contributed by atoms with Crippen LogP contribution in [0, 0.1) is 11.3 Å². The molecule has 5 rings (SSSR count). The lowest BCUT2D eigenvalue weighted by molar-refractivity contribution is 0.244. The van der Waals surface area contributed by atoms with Crippen molar-refractivity contribution in [2.24, 2.45) is 0 Å². The molecule has 1 fully saturated rings. The Balaban J connectivity index is 1.29. The van der Waals surface area contributed by atoms with Gasteiger partial charge in [-0.05, 0) is 43.4 Å². The predicted octanol–water partition coefficient (Wildman–Crippen LogP) is 3.13. The minimum Gasteiger partial charge on any atom is -0.383 e. The van der Waals surface area contributed by atoms with Gasteiger partial charge in [0.05, 0.1) is 23.6 Å². The Bertz CT molecular complexity index is 1110. The topological polar surface area (TPSA) is 95.0 Å². The number of nitriles is 1. The summed E-state index contributed by atoms with van der Waals surface area (Å²) in [6, 6.07) is 5.78. The third-order valence-electron chi connectivity index (χ3n) is 6.07. The zero-order chi connectivity index (χ0) is 20.5. The second kappa shape index (κ2) is 8.17. The van der Waals surface area contributed by atoms with Crippen LogP contribution in [0.4, 0.5) is 11.6 Å². The maximum atomic E-state index is 9.10. The third kappa shape index (κ3) is 3.71. The van der Waals surface area contributed by atoms with Gasteiger partial charge in [-0.1, -0.05) is 6.42 Å². The van der Waals surface area contributed by atoms with Gasteiger partial charge in [-0.3, -0.25) is 4.90 Å². The van der Waals surface area contributed by atoms with Crippen LogP contribution in [0.25, 0.3) is 10.2 Å². The van der Waals surface area contributed by atoms with Crippen molar-refractivity contribution in [2.45, 2.75) is 38.6 Å². The molecule has 0 aromatic carbocycles. The lowest BCUT2D eigenvalue weighted by Crippen LogP contribution is -2.46. The number of aryl methyl sites for hydroxylation is 2. The molecule has 4 heterocycles. The summed E-state index contributed by atoms with van der Waals surface area (Å²) in [5, 5.41) is 10.2. The van der Waals surface area contributed by atoms with Crippen LogP contribution in [0.15, 0.2) is 18.3 Å². The van der Waals surface area contributed by atoms with Crippen molar-refractivity contribution in [1.29, 1.82) is 5.26 Å². The van der Waals surface area contributed by atoms with Crippen LogP contribution in [0.3, 0.4) is 0 Å². The lowest BCUT2D eigenvalue weighted by atomic mass is 10.1. The quantitative estimate of drug-likeness (QED) is 0.652. The van der Waals surface area contributed by atoms with E-state index in [-0.39, 0.29) is 0 Å². The Morgan fingerprint density at radius 2 is 1.93 bits per heavy atom. The summed E-state index contributed by atoms with van der Waals surface area (Å²) < 4.78 is 0. The standard InChI is InChI=1S/C22H25N7S/c23-13-15-6-7-25-19(12-15)29-10-8-28(9-11-29)14-18-26-21(24)20-16-4-2-1-3-5-17(16)30-22(20)27-18/h6-7,12H,1-5,8-11,14H2,(H2,24,26,27). The average Bonchev–Trinajstić information content (AvgIpc) is 2.96. The summed E-state index contributed by atoms with van der Waals surface area (Å²) in [4.78, 5) is 21.1. The molecule has 1 saturated heterocycles. The van der Waals surface area contributed by atoms with Gasteiger partial charge in [0, 0.05) is 37.3 Å². The Morgan fingerprint density at radius 1 is 1.10 bits per heavy atom. The van der Waals surface area contributed by atoms with E-state index in [4.69, 9.17) is 16.0 Å². The molecule has 2 aliphatic rings. The van der Waals surface area contributed by atoms with Crippen LogP contribution in [0.5, 0.6) is 0 Å². The highest BCUT2D eigenvalue weighted by Gasteiger charge is 2.22. The van der Waals surface area contributed by atoms with E-state index >= 15 is 0 Å². The van der Waals surface area contributed by atoms with E-state index in [1.54, 1.807) is 12.3 Å². The van der Waals surface area contributed by atoms with E-state index in [1.807, 2.05) is 17.4 Å². The first-order chi connectivity index (χ1) is 14.7. The Labute approximate surface area is 180 Å². The molecule has 0 radical (unpaired) electrons. The predicted molar refractivity (Wildman–Crippen MR) is 120 cm³/mol. The molecule has 0 bridgehead atoms. The van der Waals surface area contributed by atoms with E-state index < -0.39 is 0 Å². The largest absolute Gasteiger partial charge is 0.383 e. The number of nitrogens with two attached hydrogens (primary N) is 1. The van der Waals surface area contributed by atoms with Gasteiger partial charge < -0.3 is 10.6 Å². The monoisotopic (exact) mass is 419 g/mol. The molecule has 154 valence electrons. The van der Waals surface area contributed by atoms with Crippen molar-refractivity contribution in [3.8, 4) is 6.07 Å². The molecule has 3 aromatic heterocycles. The molecule has 30 heavy (non-hydrogen) atoms. The first-order valence-corrected chi connectivity index (χ1v) is 11.4. The van der Waals surface area contributed by atoms with E-state index in [0.29, 0.717) is 17.9 Å². The molecular formula is C22H25N7S. The van der Waals surface area contributed by atoms with Crippen LogP contribution < -0.4 is 10.6 Å². The summed E-state index contributed by atoms with van der Waals surface area (Å²) in [5.41, 5.74) is 8.45. The summed E-state index contributed by atoms with van der Waals surface area (Å²) >= 11 is 1.81. The molecule has 3 aromatic rings. The number of nitrogen functional groups attached to an aromatic ring is 1. The molecule has 0 atom stereocenters. The summed E-state index contributed by atoms with van der Waals surface area (Å²) in [7, 11) is 0. The van der Waals surface area contributed by atoms with Crippen molar-refractivity contribution in [2.75, 3.05) is 36.8 Å². The van der Waals surface area contributed by atoms with Crippen molar-refractivity contribution in [3.63, 3.8) is 0 Å². The van der Waals surface area contributed by atoms with Crippen LogP contribution in [0.2, 0.25) is 0 Å². The molecule has 1 aliphatic carbocycles. The second-order valence-electron chi connectivity index (χ2n) is 8.05. The molecule has 0 unspecified atom stereocenters. The van der Waals surface area contributed by atoms with Crippen molar-refractivity contribution < 1.29 is 0 Å². The van der Waals surface area contributed by atoms with Crippen molar-refractivity contribution in [1.82, 2.24) is 19.9 Å². The number of thiophene rings is 1. The van der Waals surface area contributed by atoms with Crippen LogP contribution in [-0.4, -0.2) is 46.0 Å². The number of hydrogen-bond donors (Lipinski definition) is 1. The molecule has 7 nitrogen and oxygen atoms in total. The number of aromatic nitrogens is 3. The highest BCUT2D eigenvalue weighted by Crippen LogP contribution is 2.37. The van der Waals surface area contributed by atoms with Gasteiger partial charge >= 0.3 is 0 Å². The van der Waals surface area contributed by atoms with Crippen LogP contribution in [0.1, 0.15) is 41.1 Å². The molecule has 2 N–H and O–H groups in total. The average molecular weight is 420 g/mol. The van der Waals surface area contributed by atoms with E-state index in [2.05, 4.69) is 25.8 Å². The van der Waals surface area contributed by atoms with E-state index in [1.165, 1.54) is 29.7 Å². The fraction of sp³-hybridized carbons (Fsp3) is 0.455. The number of piperazine rings is 1. The zero-order valence-electron chi connectivity index (χ0n) is 17.0. The molecule has 0 amide bonds. The fourth-order valence-corrected chi connectivity index (χ4v) is 5.76.